The second-order valence-corrected chi connectivity index (χ2v) is 4.89. The largest absolute Gasteiger partial charge is 0.493 e. The molecular weight excluding hydrogens is 258 g/mol. The van der Waals surface area contributed by atoms with Crippen LogP contribution in [0.2, 0.25) is 0 Å². The molecule has 0 radical (unpaired) electrons. The van der Waals surface area contributed by atoms with Crippen molar-refractivity contribution >= 4 is 11.9 Å². The van der Waals surface area contributed by atoms with Crippen LogP contribution in [0.4, 0.5) is 0 Å². The van der Waals surface area contributed by atoms with Crippen LogP contribution in [0.1, 0.15) is 24.5 Å². The maximum atomic E-state index is 11.8. The summed E-state index contributed by atoms with van der Waals surface area (Å²) >= 11 is 0. The van der Waals surface area contributed by atoms with Gasteiger partial charge in [-0.25, -0.2) is 4.79 Å². The highest BCUT2D eigenvalue weighted by molar-refractivity contribution is 5.83. The smallest absolute Gasteiger partial charge is 0.326 e. The van der Waals surface area contributed by atoms with Gasteiger partial charge in [0.05, 0.1) is 13.0 Å². The van der Waals surface area contributed by atoms with Crippen molar-refractivity contribution in [1.29, 1.82) is 0 Å². The zero-order valence-electron chi connectivity index (χ0n) is 12.3. The molecule has 0 aliphatic carbocycles. The Balaban J connectivity index is 2.48. The number of likely N-dealkylation sites (N-methyl/N-ethyl adjacent to an activating group) is 1. The molecule has 0 saturated heterocycles. The number of amides is 1. The van der Waals surface area contributed by atoms with E-state index in [0.717, 1.165) is 16.9 Å². The molecule has 0 bridgehead atoms. The zero-order chi connectivity index (χ0) is 15.3. The summed E-state index contributed by atoms with van der Waals surface area (Å²) < 4.78 is 5.56. The number of ether oxygens (including phenoxy) is 1. The maximum absolute atomic E-state index is 11.8. The van der Waals surface area contributed by atoms with Crippen LogP contribution in [0.3, 0.4) is 0 Å². The fraction of sp³-hybridized carbons (Fsp3) is 0.467. The monoisotopic (exact) mass is 279 g/mol. The average molecular weight is 279 g/mol. The lowest BCUT2D eigenvalue weighted by atomic mass is 10.1. The minimum Gasteiger partial charge on any atom is -0.493 e. The van der Waals surface area contributed by atoms with E-state index < -0.39 is 12.0 Å². The summed E-state index contributed by atoms with van der Waals surface area (Å²) in [7, 11) is 1.48. The number of carbonyl (C=O) groups excluding carboxylic acids is 1. The number of hydrogen-bond donors (Lipinski definition) is 1. The maximum Gasteiger partial charge on any atom is 0.326 e. The summed E-state index contributed by atoms with van der Waals surface area (Å²) in [6.07, 6.45) is 0.154. The SMILES string of the molecule is Cc1ccc(OCCC(=O)N(C)C(C)C(=O)O)c(C)c1. The molecule has 0 aliphatic rings. The lowest BCUT2D eigenvalue weighted by Gasteiger charge is -2.21. The topological polar surface area (TPSA) is 66.8 Å². The van der Waals surface area contributed by atoms with Gasteiger partial charge in [0.2, 0.25) is 5.91 Å². The lowest BCUT2D eigenvalue weighted by molar-refractivity contribution is -0.148. The van der Waals surface area contributed by atoms with Gasteiger partial charge in [0.25, 0.3) is 0 Å². The van der Waals surface area contributed by atoms with E-state index in [1.54, 1.807) is 0 Å². The molecule has 5 heteroatoms. The van der Waals surface area contributed by atoms with E-state index in [4.69, 9.17) is 9.84 Å². The third-order valence-electron chi connectivity index (χ3n) is 3.24. The number of aliphatic carboxylic acids is 1. The summed E-state index contributed by atoms with van der Waals surface area (Å²) in [5.74, 6) is -0.516. The Bertz CT molecular complexity index is 499. The fourth-order valence-electron chi connectivity index (χ4n) is 1.77. The van der Waals surface area contributed by atoms with Crippen LogP contribution in [0, 0.1) is 13.8 Å². The van der Waals surface area contributed by atoms with Crippen LogP contribution in [0.5, 0.6) is 5.75 Å². The van der Waals surface area contributed by atoms with Gasteiger partial charge < -0.3 is 14.7 Å². The van der Waals surface area contributed by atoms with Crippen molar-refractivity contribution in [3.63, 3.8) is 0 Å². The minimum absolute atomic E-state index is 0.154. The second kappa shape index (κ2) is 6.93. The van der Waals surface area contributed by atoms with Crippen molar-refractivity contribution in [3.05, 3.63) is 29.3 Å². The number of carboxylic acids is 1. The molecule has 20 heavy (non-hydrogen) atoms. The predicted molar refractivity (Wildman–Crippen MR) is 75.9 cm³/mol. The summed E-state index contributed by atoms with van der Waals surface area (Å²) in [6.45, 7) is 5.66. The minimum atomic E-state index is -1.02. The molecule has 1 rings (SSSR count). The van der Waals surface area contributed by atoms with Gasteiger partial charge >= 0.3 is 5.97 Å². The lowest BCUT2D eigenvalue weighted by Crippen LogP contribution is -2.40. The highest BCUT2D eigenvalue weighted by Gasteiger charge is 2.21. The Kier molecular flexibility index (Phi) is 5.55. The zero-order valence-corrected chi connectivity index (χ0v) is 12.3. The first-order valence-electron chi connectivity index (χ1n) is 6.51. The number of benzene rings is 1. The third kappa shape index (κ3) is 4.26. The molecule has 0 fully saturated rings. The molecule has 5 nitrogen and oxygen atoms in total. The number of aryl methyl sites for hydroxylation is 2. The van der Waals surface area contributed by atoms with Crippen LogP contribution in [-0.4, -0.2) is 41.6 Å². The Morgan fingerprint density at radius 1 is 1.35 bits per heavy atom. The molecule has 1 atom stereocenters. The number of nitrogens with zero attached hydrogens (tertiary/aromatic N) is 1. The predicted octanol–water partition coefficient (Wildman–Crippen LogP) is 2.00. The van der Waals surface area contributed by atoms with Gasteiger partial charge in [-0.2, -0.15) is 0 Å². The summed E-state index contributed by atoms with van der Waals surface area (Å²) in [5.41, 5.74) is 2.17. The Morgan fingerprint density at radius 2 is 2.00 bits per heavy atom. The van der Waals surface area contributed by atoms with Crippen LogP contribution in [0.15, 0.2) is 18.2 Å². The molecule has 0 aliphatic heterocycles. The second-order valence-electron chi connectivity index (χ2n) is 4.89. The van der Waals surface area contributed by atoms with E-state index in [0.29, 0.717) is 0 Å². The number of carboxylic acid groups (broad SMARTS) is 1. The molecule has 0 spiro atoms. The first kappa shape index (κ1) is 16.0. The number of hydrogen-bond acceptors (Lipinski definition) is 3. The van der Waals surface area contributed by atoms with Crippen LogP contribution in [0.25, 0.3) is 0 Å². The van der Waals surface area contributed by atoms with Gasteiger partial charge in [-0.3, -0.25) is 4.79 Å². The molecule has 0 heterocycles. The van der Waals surface area contributed by atoms with E-state index >= 15 is 0 Å². The van der Waals surface area contributed by atoms with Gasteiger partial charge in [0, 0.05) is 7.05 Å². The van der Waals surface area contributed by atoms with E-state index in [-0.39, 0.29) is 18.9 Å². The van der Waals surface area contributed by atoms with Gasteiger partial charge in [0.15, 0.2) is 0 Å². The molecule has 110 valence electrons. The first-order chi connectivity index (χ1) is 9.32. The normalized spacial score (nSPS) is 11.8. The highest BCUT2D eigenvalue weighted by atomic mass is 16.5. The standard InChI is InChI=1S/C15H21NO4/c1-10-5-6-13(11(2)9-10)20-8-7-14(17)16(4)12(3)15(18)19/h5-6,9,12H,7-8H2,1-4H3,(H,18,19). The molecule has 1 aromatic carbocycles. The van der Waals surface area contributed by atoms with Crippen LogP contribution in [-0.2, 0) is 9.59 Å². The summed E-state index contributed by atoms with van der Waals surface area (Å²) in [5, 5.41) is 8.84. The summed E-state index contributed by atoms with van der Waals surface area (Å²) in [4.78, 5) is 23.8. The first-order valence-corrected chi connectivity index (χ1v) is 6.51. The van der Waals surface area contributed by atoms with Gasteiger partial charge in [0.1, 0.15) is 11.8 Å². The highest BCUT2D eigenvalue weighted by Crippen LogP contribution is 2.18. The van der Waals surface area contributed by atoms with Crippen molar-refractivity contribution < 1.29 is 19.4 Å². The van der Waals surface area contributed by atoms with E-state index in [1.165, 1.54) is 18.9 Å². The Labute approximate surface area is 119 Å². The average Bonchev–Trinajstić information content (AvgIpc) is 2.39. The van der Waals surface area contributed by atoms with E-state index in [1.807, 2.05) is 32.0 Å². The van der Waals surface area contributed by atoms with Crippen LogP contribution >= 0.6 is 0 Å². The molecule has 1 unspecified atom stereocenters. The molecule has 1 aromatic rings. The molecule has 0 aromatic heterocycles. The number of carbonyl (C=O) groups is 2. The van der Waals surface area contributed by atoms with E-state index in [9.17, 15) is 9.59 Å². The van der Waals surface area contributed by atoms with E-state index in [2.05, 4.69) is 0 Å². The molecule has 0 saturated carbocycles. The third-order valence-corrected chi connectivity index (χ3v) is 3.24. The van der Waals surface area contributed by atoms with Gasteiger partial charge in [-0.15, -0.1) is 0 Å². The van der Waals surface area contributed by atoms with Gasteiger partial charge in [-0.05, 0) is 32.4 Å². The summed E-state index contributed by atoms with van der Waals surface area (Å²) in [6, 6.07) is 5.00. The van der Waals surface area contributed by atoms with Crippen molar-refractivity contribution in [3.8, 4) is 5.75 Å². The Hall–Kier alpha value is -2.04. The fourth-order valence-corrected chi connectivity index (χ4v) is 1.77. The molecule has 1 N–H and O–H groups in total. The molecule has 1 amide bonds. The van der Waals surface area contributed by atoms with Crippen molar-refractivity contribution in [1.82, 2.24) is 4.90 Å². The number of rotatable bonds is 6. The van der Waals surface area contributed by atoms with Crippen molar-refractivity contribution in [2.45, 2.75) is 33.2 Å². The van der Waals surface area contributed by atoms with Crippen LogP contribution < -0.4 is 4.74 Å². The van der Waals surface area contributed by atoms with Crippen molar-refractivity contribution in [2.24, 2.45) is 0 Å². The molecular formula is C15H21NO4. The Morgan fingerprint density at radius 3 is 2.55 bits per heavy atom. The van der Waals surface area contributed by atoms with Crippen molar-refractivity contribution in [2.75, 3.05) is 13.7 Å². The van der Waals surface area contributed by atoms with Gasteiger partial charge in [-0.1, -0.05) is 17.7 Å². The quantitative estimate of drug-likeness (QED) is 0.865.